The Kier molecular flexibility index (Phi) is 5.71. The fraction of sp³-hybridized carbons (Fsp3) is 0.900. The van der Waals surface area contributed by atoms with Crippen LogP contribution >= 0.6 is 0 Å². The Bertz CT molecular complexity index is 164. The lowest BCUT2D eigenvalue weighted by Crippen LogP contribution is -2.36. The van der Waals surface area contributed by atoms with E-state index in [-0.39, 0.29) is 12.2 Å². The molecule has 0 aliphatic carbocycles. The van der Waals surface area contributed by atoms with E-state index in [1.54, 1.807) is 0 Å². The summed E-state index contributed by atoms with van der Waals surface area (Å²) in [5.74, 6) is 1.01. The lowest BCUT2D eigenvalue weighted by atomic mass is 10.2. The minimum atomic E-state index is 0.125. The van der Waals surface area contributed by atoms with Crippen LogP contribution in [-0.4, -0.2) is 44.1 Å². The Labute approximate surface area is 81.8 Å². The van der Waals surface area contributed by atoms with Crippen molar-refractivity contribution in [3.8, 4) is 0 Å². The van der Waals surface area contributed by atoms with E-state index in [2.05, 4.69) is 11.9 Å². The molecular weight excluding hydrogens is 164 g/mol. The van der Waals surface area contributed by atoms with Crippen molar-refractivity contribution in [2.45, 2.75) is 39.4 Å². The van der Waals surface area contributed by atoms with Gasteiger partial charge >= 0.3 is 0 Å². The molecule has 3 nitrogen and oxygen atoms in total. The van der Waals surface area contributed by atoms with Gasteiger partial charge in [0, 0.05) is 21.1 Å². The van der Waals surface area contributed by atoms with Crippen molar-refractivity contribution in [2.24, 2.45) is 4.99 Å². The molecule has 0 bridgehead atoms. The van der Waals surface area contributed by atoms with Crippen LogP contribution in [0.25, 0.3) is 0 Å². The molecule has 0 saturated carbocycles. The highest BCUT2D eigenvalue weighted by Gasteiger charge is 2.16. The van der Waals surface area contributed by atoms with Gasteiger partial charge in [0.15, 0.2) is 0 Å². The van der Waals surface area contributed by atoms with E-state index in [0.717, 1.165) is 12.3 Å². The molecule has 0 heterocycles. The summed E-state index contributed by atoms with van der Waals surface area (Å²) in [4.78, 5) is 6.24. The molecular formula is C10H22N2O. The Morgan fingerprint density at radius 1 is 1.38 bits per heavy atom. The van der Waals surface area contributed by atoms with Crippen LogP contribution in [-0.2, 0) is 4.74 Å². The molecule has 0 rings (SSSR count). The summed E-state index contributed by atoms with van der Waals surface area (Å²) >= 11 is 0. The van der Waals surface area contributed by atoms with Crippen molar-refractivity contribution in [3.05, 3.63) is 0 Å². The fourth-order valence-corrected chi connectivity index (χ4v) is 1.30. The van der Waals surface area contributed by atoms with Crippen LogP contribution in [0.1, 0.15) is 27.2 Å². The van der Waals surface area contributed by atoms with Gasteiger partial charge in [-0.05, 0) is 20.3 Å². The van der Waals surface area contributed by atoms with Crippen molar-refractivity contribution in [1.82, 2.24) is 4.90 Å². The van der Waals surface area contributed by atoms with Crippen molar-refractivity contribution in [3.63, 3.8) is 0 Å². The summed E-state index contributed by atoms with van der Waals surface area (Å²) in [7, 11) is 5.80. The first kappa shape index (κ1) is 12.4. The third kappa shape index (κ3) is 4.27. The lowest BCUT2D eigenvalue weighted by Gasteiger charge is -2.25. The normalized spacial score (nSPS) is 14.8. The zero-order valence-electron chi connectivity index (χ0n) is 9.66. The van der Waals surface area contributed by atoms with Crippen molar-refractivity contribution >= 4 is 5.84 Å². The SMILES string of the molecule is CCC(OC(C)C)C(=NC)N(C)C. The molecule has 0 aliphatic rings. The first-order valence-corrected chi connectivity index (χ1v) is 4.82. The summed E-state index contributed by atoms with van der Waals surface area (Å²) in [6, 6.07) is 0. The monoisotopic (exact) mass is 186 g/mol. The minimum absolute atomic E-state index is 0.125. The van der Waals surface area contributed by atoms with E-state index >= 15 is 0 Å². The number of hydrogen-bond donors (Lipinski definition) is 0. The van der Waals surface area contributed by atoms with Gasteiger partial charge in [0.05, 0.1) is 6.10 Å². The van der Waals surface area contributed by atoms with Gasteiger partial charge in [-0.15, -0.1) is 0 Å². The topological polar surface area (TPSA) is 24.8 Å². The fourth-order valence-electron chi connectivity index (χ4n) is 1.30. The Hall–Kier alpha value is -0.570. The highest BCUT2D eigenvalue weighted by atomic mass is 16.5. The molecule has 3 heteroatoms. The molecule has 0 N–H and O–H groups in total. The first-order chi connectivity index (χ1) is 6.02. The van der Waals surface area contributed by atoms with Crippen LogP contribution in [0.5, 0.6) is 0 Å². The maximum atomic E-state index is 5.74. The predicted molar refractivity (Wildman–Crippen MR) is 57.3 cm³/mol. The van der Waals surface area contributed by atoms with Gasteiger partial charge in [-0.2, -0.15) is 0 Å². The van der Waals surface area contributed by atoms with Crippen molar-refractivity contribution in [2.75, 3.05) is 21.1 Å². The van der Waals surface area contributed by atoms with Gasteiger partial charge in [-0.1, -0.05) is 6.92 Å². The smallest absolute Gasteiger partial charge is 0.128 e. The number of nitrogens with zero attached hydrogens (tertiary/aromatic N) is 2. The quantitative estimate of drug-likeness (QED) is 0.494. The molecule has 0 aromatic heterocycles. The van der Waals surface area contributed by atoms with E-state index in [1.165, 1.54) is 0 Å². The molecule has 78 valence electrons. The van der Waals surface area contributed by atoms with Crippen LogP contribution in [0.2, 0.25) is 0 Å². The van der Waals surface area contributed by atoms with Crippen LogP contribution in [0, 0.1) is 0 Å². The molecule has 0 amide bonds. The summed E-state index contributed by atoms with van der Waals surface area (Å²) in [6.45, 7) is 6.21. The van der Waals surface area contributed by atoms with Gasteiger partial charge in [0.1, 0.15) is 11.9 Å². The molecule has 1 atom stereocenters. The molecule has 0 fully saturated rings. The average Bonchev–Trinajstić information content (AvgIpc) is 2.02. The molecule has 0 spiro atoms. The van der Waals surface area contributed by atoms with Crippen LogP contribution in [0.15, 0.2) is 4.99 Å². The molecule has 0 radical (unpaired) electrons. The Balaban J connectivity index is 4.36. The minimum Gasteiger partial charge on any atom is -0.368 e. The van der Waals surface area contributed by atoms with Gasteiger partial charge in [-0.25, -0.2) is 0 Å². The van der Waals surface area contributed by atoms with Crippen molar-refractivity contribution < 1.29 is 4.74 Å². The summed E-state index contributed by atoms with van der Waals surface area (Å²) < 4.78 is 5.74. The third-order valence-electron chi connectivity index (χ3n) is 1.78. The van der Waals surface area contributed by atoms with E-state index < -0.39 is 0 Å². The average molecular weight is 186 g/mol. The molecule has 0 aromatic carbocycles. The molecule has 13 heavy (non-hydrogen) atoms. The zero-order valence-corrected chi connectivity index (χ0v) is 9.66. The lowest BCUT2D eigenvalue weighted by molar-refractivity contribution is 0.0395. The number of ether oxygens (including phenoxy) is 1. The number of amidine groups is 1. The highest BCUT2D eigenvalue weighted by molar-refractivity contribution is 5.86. The van der Waals surface area contributed by atoms with Gasteiger partial charge in [0.25, 0.3) is 0 Å². The third-order valence-corrected chi connectivity index (χ3v) is 1.78. The largest absolute Gasteiger partial charge is 0.368 e. The summed E-state index contributed by atoms with van der Waals surface area (Å²) in [6.07, 6.45) is 1.34. The number of aliphatic imine (C=N–C) groups is 1. The second-order valence-corrected chi connectivity index (χ2v) is 3.56. The molecule has 0 aliphatic heterocycles. The number of rotatable bonds is 4. The van der Waals surface area contributed by atoms with E-state index in [9.17, 15) is 0 Å². The Morgan fingerprint density at radius 2 is 1.92 bits per heavy atom. The predicted octanol–water partition coefficient (Wildman–Crippen LogP) is 1.78. The van der Waals surface area contributed by atoms with Crippen molar-refractivity contribution in [1.29, 1.82) is 0 Å². The summed E-state index contributed by atoms with van der Waals surface area (Å²) in [5.41, 5.74) is 0. The second-order valence-electron chi connectivity index (χ2n) is 3.56. The van der Waals surface area contributed by atoms with E-state index in [0.29, 0.717) is 0 Å². The first-order valence-electron chi connectivity index (χ1n) is 4.82. The molecule has 0 aromatic rings. The van der Waals surface area contributed by atoms with Crippen LogP contribution in [0.4, 0.5) is 0 Å². The van der Waals surface area contributed by atoms with E-state index in [4.69, 9.17) is 4.74 Å². The highest BCUT2D eigenvalue weighted by Crippen LogP contribution is 2.06. The van der Waals surface area contributed by atoms with E-state index in [1.807, 2.05) is 39.9 Å². The van der Waals surface area contributed by atoms with Gasteiger partial charge in [-0.3, -0.25) is 4.99 Å². The zero-order chi connectivity index (χ0) is 10.4. The van der Waals surface area contributed by atoms with Crippen LogP contribution < -0.4 is 0 Å². The number of likely N-dealkylation sites (N-methyl/N-ethyl adjacent to an activating group) is 1. The maximum absolute atomic E-state index is 5.74. The number of hydrogen-bond acceptors (Lipinski definition) is 2. The van der Waals surface area contributed by atoms with Gasteiger partial charge < -0.3 is 9.64 Å². The van der Waals surface area contributed by atoms with Crippen LogP contribution in [0.3, 0.4) is 0 Å². The Morgan fingerprint density at radius 3 is 2.15 bits per heavy atom. The second kappa shape index (κ2) is 5.97. The van der Waals surface area contributed by atoms with Gasteiger partial charge in [0.2, 0.25) is 0 Å². The molecule has 0 saturated heterocycles. The molecule has 1 unspecified atom stereocenters. The summed E-state index contributed by atoms with van der Waals surface area (Å²) in [5, 5.41) is 0. The standard InChI is InChI=1S/C10H22N2O/c1-7-9(13-8(2)3)10(11-4)12(5)6/h8-9H,7H2,1-6H3. The maximum Gasteiger partial charge on any atom is 0.128 e.